The number of hydrogen-bond acceptors (Lipinski definition) is 3. The number of carbonyl (C=O) groups excluding carboxylic acids is 1. The average Bonchev–Trinajstić information content (AvgIpc) is 2.45. The van der Waals surface area contributed by atoms with Crippen molar-refractivity contribution in [2.24, 2.45) is 0 Å². The van der Waals surface area contributed by atoms with Crippen molar-refractivity contribution in [3.05, 3.63) is 59.2 Å². The summed E-state index contributed by atoms with van der Waals surface area (Å²) in [6.45, 7) is -0.0796. The summed E-state index contributed by atoms with van der Waals surface area (Å²) in [5.41, 5.74) is -0.453. The van der Waals surface area contributed by atoms with E-state index < -0.39 is 11.7 Å². The van der Waals surface area contributed by atoms with E-state index in [-0.39, 0.29) is 23.7 Å². The Hall–Kier alpha value is -2.50. The Morgan fingerprint density at radius 3 is 2.33 bits per heavy atom. The second-order valence-corrected chi connectivity index (χ2v) is 4.33. The lowest BCUT2D eigenvalue weighted by Crippen LogP contribution is -2.09. The third-order valence-electron chi connectivity index (χ3n) is 2.78. The van der Waals surface area contributed by atoms with E-state index in [1.54, 1.807) is 12.1 Å². The molecule has 0 heterocycles. The van der Waals surface area contributed by atoms with Crippen LogP contribution in [0.5, 0.6) is 11.5 Å². The van der Waals surface area contributed by atoms with Crippen LogP contribution in [0, 0.1) is 0 Å². The van der Waals surface area contributed by atoms with Crippen LogP contribution >= 0.6 is 0 Å². The first kappa shape index (κ1) is 14.9. The maximum Gasteiger partial charge on any atom is 0.419 e. The zero-order valence-corrected chi connectivity index (χ0v) is 10.7. The summed E-state index contributed by atoms with van der Waals surface area (Å²) in [5.74, 6) is -0.286. The lowest BCUT2D eigenvalue weighted by Gasteiger charge is -2.14. The molecular formula is C15H11F3O3. The van der Waals surface area contributed by atoms with Gasteiger partial charge in [0, 0.05) is 5.56 Å². The highest BCUT2D eigenvalue weighted by atomic mass is 19.4. The van der Waals surface area contributed by atoms with Crippen LogP contribution in [0.25, 0.3) is 0 Å². The number of halogens is 3. The summed E-state index contributed by atoms with van der Waals surface area (Å²) in [4.78, 5) is 10.6. The number of aromatic hydroxyl groups is 1. The van der Waals surface area contributed by atoms with Crippen molar-refractivity contribution >= 4 is 6.29 Å². The van der Waals surface area contributed by atoms with Crippen molar-refractivity contribution in [3.8, 4) is 11.5 Å². The molecule has 0 radical (unpaired) electrons. The molecule has 0 aliphatic heterocycles. The molecule has 0 saturated heterocycles. The summed E-state index contributed by atoms with van der Waals surface area (Å²) in [6, 6.07) is 9.04. The van der Waals surface area contributed by atoms with Crippen molar-refractivity contribution < 1.29 is 27.8 Å². The first-order valence-electron chi connectivity index (χ1n) is 5.97. The largest absolute Gasteiger partial charge is 0.508 e. The van der Waals surface area contributed by atoms with Crippen molar-refractivity contribution in [1.82, 2.24) is 0 Å². The fourth-order valence-electron chi connectivity index (χ4n) is 1.72. The van der Waals surface area contributed by atoms with Gasteiger partial charge >= 0.3 is 6.18 Å². The number of rotatable bonds is 4. The van der Waals surface area contributed by atoms with E-state index in [4.69, 9.17) is 9.84 Å². The molecule has 1 N–H and O–H groups in total. The summed E-state index contributed by atoms with van der Waals surface area (Å²) in [6.07, 6.45) is -4.26. The van der Waals surface area contributed by atoms with Crippen LogP contribution in [0.4, 0.5) is 13.2 Å². The van der Waals surface area contributed by atoms with Crippen LogP contribution in [-0.2, 0) is 12.8 Å². The van der Waals surface area contributed by atoms with Gasteiger partial charge in [-0.05, 0) is 35.9 Å². The van der Waals surface area contributed by atoms with Crippen LogP contribution in [0.15, 0.2) is 42.5 Å². The molecule has 6 heteroatoms. The maximum absolute atomic E-state index is 12.9. The molecule has 0 atom stereocenters. The molecular weight excluding hydrogens is 285 g/mol. The Kier molecular flexibility index (Phi) is 4.16. The predicted molar refractivity (Wildman–Crippen MR) is 69.3 cm³/mol. The number of alkyl halides is 3. The number of carbonyl (C=O) groups is 1. The van der Waals surface area contributed by atoms with Crippen LogP contribution in [0.3, 0.4) is 0 Å². The maximum atomic E-state index is 12.9. The summed E-state index contributed by atoms with van der Waals surface area (Å²) in [7, 11) is 0. The van der Waals surface area contributed by atoms with Gasteiger partial charge in [0.05, 0.1) is 5.56 Å². The molecule has 0 unspecified atom stereocenters. The van der Waals surface area contributed by atoms with Gasteiger partial charge in [-0.15, -0.1) is 0 Å². The molecule has 2 aromatic rings. The van der Waals surface area contributed by atoms with Gasteiger partial charge in [-0.25, -0.2) is 0 Å². The van der Waals surface area contributed by atoms with E-state index in [1.807, 2.05) is 0 Å². The van der Waals surface area contributed by atoms with Crippen LogP contribution in [0.2, 0.25) is 0 Å². The van der Waals surface area contributed by atoms with E-state index in [9.17, 15) is 18.0 Å². The third-order valence-corrected chi connectivity index (χ3v) is 2.78. The lowest BCUT2D eigenvalue weighted by molar-refractivity contribution is -0.139. The standard InChI is InChI=1S/C15H11F3O3/c16-15(17,18)13-7-11(8-19)3-6-14(13)21-9-10-1-4-12(20)5-2-10/h1-8,20H,9H2. The van der Waals surface area contributed by atoms with E-state index in [2.05, 4.69) is 0 Å². The first-order chi connectivity index (χ1) is 9.90. The lowest BCUT2D eigenvalue weighted by atomic mass is 10.1. The van der Waals surface area contributed by atoms with E-state index in [0.29, 0.717) is 11.8 Å². The SMILES string of the molecule is O=Cc1ccc(OCc2ccc(O)cc2)c(C(F)(F)F)c1. The second kappa shape index (κ2) is 5.87. The van der Waals surface area contributed by atoms with Crippen LogP contribution in [0.1, 0.15) is 21.5 Å². The third kappa shape index (κ3) is 3.75. The quantitative estimate of drug-likeness (QED) is 0.873. The molecule has 2 aromatic carbocycles. The molecule has 0 spiro atoms. The van der Waals surface area contributed by atoms with Crippen molar-refractivity contribution in [2.75, 3.05) is 0 Å². The van der Waals surface area contributed by atoms with Gasteiger partial charge < -0.3 is 9.84 Å². The van der Waals surface area contributed by atoms with Crippen molar-refractivity contribution in [2.45, 2.75) is 12.8 Å². The second-order valence-electron chi connectivity index (χ2n) is 4.33. The Labute approximate surface area is 118 Å². The highest BCUT2D eigenvalue weighted by Crippen LogP contribution is 2.37. The zero-order valence-electron chi connectivity index (χ0n) is 10.7. The normalized spacial score (nSPS) is 11.2. The molecule has 0 aromatic heterocycles. The molecule has 0 amide bonds. The first-order valence-corrected chi connectivity index (χ1v) is 5.97. The Bertz CT molecular complexity index is 634. The number of phenolic OH excluding ortho intramolecular Hbond substituents is 1. The van der Waals surface area contributed by atoms with E-state index >= 15 is 0 Å². The molecule has 0 fully saturated rings. The predicted octanol–water partition coefficient (Wildman–Crippen LogP) is 3.80. The Morgan fingerprint density at radius 1 is 1.10 bits per heavy atom. The van der Waals surface area contributed by atoms with Gasteiger partial charge in [-0.1, -0.05) is 12.1 Å². The number of ether oxygens (including phenoxy) is 1. The number of aldehydes is 1. The topological polar surface area (TPSA) is 46.5 Å². The summed E-state index contributed by atoms with van der Waals surface area (Å²) >= 11 is 0. The molecule has 0 aliphatic carbocycles. The monoisotopic (exact) mass is 296 g/mol. The van der Waals surface area contributed by atoms with E-state index in [0.717, 1.165) is 12.1 Å². The number of phenols is 1. The summed E-state index contributed by atoms with van der Waals surface area (Å²) < 4.78 is 43.9. The van der Waals surface area contributed by atoms with Crippen molar-refractivity contribution in [3.63, 3.8) is 0 Å². The minimum absolute atomic E-state index is 0.0602. The molecule has 2 rings (SSSR count). The molecule has 0 bridgehead atoms. The molecule has 0 saturated carbocycles. The number of benzene rings is 2. The van der Waals surface area contributed by atoms with Gasteiger partial charge in [-0.3, -0.25) is 4.79 Å². The fourth-order valence-corrected chi connectivity index (χ4v) is 1.72. The minimum Gasteiger partial charge on any atom is -0.508 e. The highest BCUT2D eigenvalue weighted by molar-refractivity contribution is 5.75. The minimum atomic E-state index is -4.61. The number of hydrogen-bond donors (Lipinski definition) is 1. The van der Waals surface area contributed by atoms with Crippen LogP contribution < -0.4 is 4.74 Å². The van der Waals surface area contributed by atoms with Gasteiger partial charge in [0.25, 0.3) is 0 Å². The average molecular weight is 296 g/mol. The Morgan fingerprint density at radius 2 is 1.76 bits per heavy atom. The van der Waals surface area contributed by atoms with Gasteiger partial charge in [0.1, 0.15) is 24.4 Å². The molecule has 21 heavy (non-hydrogen) atoms. The Balaban J connectivity index is 2.23. The van der Waals surface area contributed by atoms with Gasteiger partial charge in [0.15, 0.2) is 0 Å². The van der Waals surface area contributed by atoms with Crippen molar-refractivity contribution in [1.29, 1.82) is 0 Å². The zero-order chi connectivity index (χ0) is 15.5. The molecule has 110 valence electrons. The smallest absolute Gasteiger partial charge is 0.419 e. The molecule has 3 nitrogen and oxygen atoms in total. The van der Waals surface area contributed by atoms with Gasteiger partial charge in [-0.2, -0.15) is 13.2 Å². The highest BCUT2D eigenvalue weighted by Gasteiger charge is 2.34. The molecule has 0 aliphatic rings. The van der Waals surface area contributed by atoms with Gasteiger partial charge in [0.2, 0.25) is 0 Å². The summed E-state index contributed by atoms with van der Waals surface area (Å²) in [5, 5.41) is 9.13. The fraction of sp³-hybridized carbons (Fsp3) is 0.133. The van der Waals surface area contributed by atoms with E-state index in [1.165, 1.54) is 18.2 Å². The van der Waals surface area contributed by atoms with Crippen LogP contribution in [-0.4, -0.2) is 11.4 Å².